The Balaban J connectivity index is 1.88. The molecule has 1 aromatic carbocycles. The zero-order chi connectivity index (χ0) is 30.1. The number of aromatic nitrogens is 3. The molecule has 222 valence electrons. The van der Waals surface area contributed by atoms with E-state index in [1.165, 1.54) is 12.5 Å². The molecule has 5 atom stereocenters. The lowest BCUT2D eigenvalue weighted by molar-refractivity contribution is -0.142. The van der Waals surface area contributed by atoms with Gasteiger partial charge in [-0.2, -0.15) is 0 Å². The van der Waals surface area contributed by atoms with E-state index < -0.39 is 47.9 Å². The number of carbonyl (C=O) groups is 4. The fourth-order valence-electron chi connectivity index (χ4n) is 4.57. The van der Waals surface area contributed by atoms with Crippen LogP contribution in [0.2, 0.25) is 0 Å². The highest BCUT2D eigenvalue weighted by Gasteiger charge is 2.32. The first-order valence-corrected chi connectivity index (χ1v) is 13.9. The van der Waals surface area contributed by atoms with Gasteiger partial charge in [-0.25, -0.2) is 9.78 Å². The number of hydrogen-bond acceptors (Lipinski definition) is 6. The zero-order valence-electron chi connectivity index (χ0n) is 23.9. The third-order valence-electron chi connectivity index (χ3n) is 7.23. The third kappa shape index (κ3) is 8.65. The van der Waals surface area contributed by atoms with E-state index in [4.69, 9.17) is 5.73 Å². The molecule has 0 aliphatic rings. The Bertz CT molecular complexity index is 1320. The molecule has 0 fully saturated rings. The first-order chi connectivity index (χ1) is 19.5. The van der Waals surface area contributed by atoms with Crippen molar-refractivity contribution in [2.45, 2.75) is 77.5 Å². The molecule has 0 radical (unpaired) electrons. The van der Waals surface area contributed by atoms with Gasteiger partial charge in [-0.15, -0.1) is 0 Å². The fraction of sp³-hybridized carbons (Fsp3) is 0.483. The number of benzene rings is 1. The number of carbonyl (C=O) groups excluding carboxylic acids is 3. The van der Waals surface area contributed by atoms with Gasteiger partial charge < -0.3 is 36.8 Å². The number of aliphatic carboxylic acids is 1. The number of carboxylic acids is 1. The van der Waals surface area contributed by atoms with Crippen LogP contribution in [0.25, 0.3) is 10.9 Å². The highest BCUT2D eigenvalue weighted by atomic mass is 16.4. The van der Waals surface area contributed by atoms with E-state index in [2.05, 4.69) is 30.9 Å². The zero-order valence-corrected chi connectivity index (χ0v) is 23.9. The van der Waals surface area contributed by atoms with Crippen molar-refractivity contribution in [1.29, 1.82) is 0 Å². The van der Waals surface area contributed by atoms with Crippen molar-refractivity contribution in [1.82, 2.24) is 30.9 Å². The summed E-state index contributed by atoms with van der Waals surface area (Å²) in [5, 5.41) is 18.6. The molecule has 0 spiro atoms. The van der Waals surface area contributed by atoms with Gasteiger partial charge in [0.1, 0.15) is 18.1 Å². The van der Waals surface area contributed by atoms with Crippen LogP contribution in [-0.2, 0) is 32.0 Å². The second-order valence-electron chi connectivity index (χ2n) is 10.9. The standard InChI is InChI=1S/C29H41N7O5/c1-5-17(4)25(30)28(39)35-22(11-18-13-32-21-9-7-6-8-20(18)21)26(37)34-23(12-19-14-31-15-33-19)27(38)36-24(29(40)41)10-16(2)3/h6-9,13-17,22-25,32H,5,10-12,30H2,1-4H3,(H,31,33)(H,34,37)(H,35,39)(H,36,38)(H,40,41). The monoisotopic (exact) mass is 567 g/mol. The maximum Gasteiger partial charge on any atom is 0.326 e. The molecule has 0 saturated carbocycles. The average molecular weight is 568 g/mol. The second-order valence-corrected chi connectivity index (χ2v) is 10.9. The Morgan fingerprint density at radius 3 is 2.17 bits per heavy atom. The number of para-hydroxylation sites is 1. The number of amides is 3. The highest BCUT2D eigenvalue weighted by Crippen LogP contribution is 2.19. The molecule has 12 nitrogen and oxygen atoms in total. The summed E-state index contributed by atoms with van der Waals surface area (Å²) in [5.41, 5.74) is 8.41. The Hall–Kier alpha value is -4.19. The SMILES string of the molecule is CCC(C)C(N)C(=O)NC(Cc1c[nH]c2ccccc12)C(=O)NC(Cc1cnc[nH]1)C(=O)NC(CC(C)C)C(=O)O. The molecule has 2 aromatic heterocycles. The Morgan fingerprint density at radius 2 is 1.56 bits per heavy atom. The van der Waals surface area contributed by atoms with E-state index in [1.54, 1.807) is 6.20 Å². The third-order valence-corrected chi connectivity index (χ3v) is 7.23. The van der Waals surface area contributed by atoms with Crippen molar-refractivity contribution in [3.05, 3.63) is 54.2 Å². The smallest absolute Gasteiger partial charge is 0.326 e. The van der Waals surface area contributed by atoms with E-state index in [0.717, 1.165) is 16.5 Å². The summed E-state index contributed by atoms with van der Waals surface area (Å²) in [6.07, 6.45) is 5.82. The van der Waals surface area contributed by atoms with E-state index >= 15 is 0 Å². The van der Waals surface area contributed by atoms with Crippen molar-refractivity contribution in [2.75, 3.05) is 0 Å². The summed E-state index contributed by atoms with van der Waals surface area (Å²) in [5.74, 6) is -2.99. The summed E-state index contributed by atoms with van der Waals surface area (Å²) in [4.78, 5) is 62.0. The molecule has 0 bridgehead atoms. The van der Waals surface area contributed by atoms with Crippen molar-refractivity contribution in [3.63, 3.8) is 0 Å². The van der Waals surface area contributed by atoms with Gasteiger partial charge in [0.15, 0.2) is 0 Å². The van der Waals surface area contributed by atoms with E-state index in [0.29, 0.717) is 12.1 Å². The number of nitrogens with zero attached hydrogens (tertiary/aromatic N) is 1. The number of aromatic amines is 2. The van der Waals surface area contributed by atoms with Gasteiger partial charge in [0, 0.05) is 41.8 Å². The molecule has 8 N–H and O–H groups in total. The number of rotatable bonds is 15. The van der Waals surface area contributed by atoms with Gasteiger partial charge >= 0.3 is 5.97 Å². The summed E-state index contributed by atoms with van der Waals surface area (Å²) in [7, 11) is 0. The Kier molecular flexibility index (Phi) is 11.0. The minimum Gasteiger partial charge on any atom is -0.480 e. The number of nitrogens with two attached hydrogens (primary N) is 1. The minimum atomic E-state index is -1.16. The molecular formula is C29H41N7O5. The molecular weight excluding hydrogens is 526 g/mol. The molecule has 2 heterocycles. The van der Waals surface area contributed by atoms with Crippen LogP contribution in [0, 0.1) is 11.8 Å². The first-order valence-electron chi connectivity index (χ1n) is 13.9. The maximum absolute atomic E-state index is 13.7. The predicted molar refractivity (Wildman–Crippen MR) is 155 cm³/mol. The summed E-state index contributed by atoms with van der Waals surface area (Å²) in [6, 6.07) is 3.45. The number of nitrogens with one attached hydrogen (secondary N) is 5. The topological polar surface area (TPSA) is 195 Å². The van der Waals surface area contributed by atoms with Gasteiger partial charge in [0.05, 0.1) is 12.4 Å². The summed E-state index contributed by atoms with van der Waals surface area (Å²) < 4.78 is 0. The number of carboxylic acid groups (broad SMARTS) is 1. The van der Waals surface area contributed by atoms with Gasteiger partial charge in [0.2, 0.25) is 17.7 Å². The first kappa shape index (κ1) is 31.3. The molecule has 3 aromatic rings. The Labute approximate surface area is 239 Å². The molecule has 0 aliphatic heterocycles. The molecule has 3 rings (SSSR count). The fourth-order valence-corrected chi connectivity index (χ4v) is 4.57. The Morgan fingerprint density at radius 1 is 0.927 bits per heavy atom. The van der Waals surface area contributed by atoms with Crippen LogP contribution >= 0.6 is 0 Å². The quantitative estimate of drug-likeness (QED) is 0.145. The van der Waals surface area contributed by atoms with Crippen molar-refractivity contribution < 1.29 is 24.3 Å². The second kappa shape index (κ2) is 14.4. The van der Waals surface area contributed by atoms with Gasteiger partial charge in [-0.3, -0.25) is 14.4 Å². The van der Waals surface area contributed by atoms with Gasteiger partial charge in [-0.05, 0) is 29.9 Å². The summed E-state index contributed by atoms with van der Waals surface area (Å²) >= 11 is 0. The van der Waals surface area contributed by atoms with Crippen LogP contribution in [0.15, 0.2) is 43.0 Å². The molecule has 0 aliphatic carbocycles. The van der Waals surface area contributed by atoms with E-state index in [1.807, 2.05) is 52.0 Å². The number of H-pyrrole nitrogens is 2. The molecule has 12 heteroatoms. The minimum absolute atomic E-state index is 0.0162. The maximum atomic E-state index is 13.7. The largest absolute Gasteiger partial charge is 0.480 e. The van der Waals surface area contributed by atoms with Crippen LogP contribution in [-0.4, -0.2) is 67.9 Å². The van der Waals surface area contributed by atoms with Gasteiger partial charge in [-0.1, -0.05) is 52.3 Å². The van der Waals surface area contributed by atoms with Gasteiger partial charge in [0.25, 0.3) is 0 Å². The van der Waals surface area contributed by atoms with Crippen molar-refractivity contribution in [3.8, 4) is 0 Å². The lowest BCUT2D eigenvalue weighted by Crippen LogP contribution is -2.58. The van der Waals surface area contributed by atoms with Crippen LogP contribution in [0.1, 0.15) is 51.8 Å². The molecule has 0 saturated heterocycles. The molecule has 41 heavy (non-hydrogen) atoms. The van der Waals surface area contributed by atoms with Crippen LogP contribution in [0.3, 0.4) is 0 Å². The van der Waals surface area contributed by atoms with Crippen molar-refractivity contribution in [2.24, 2.45) is 17.6 Å². The normalized spacial score (nSPS) is 15.1. The lowest BCUT2D eigenvalue weighted by atomic mass is 9.98. The number of imidazole rings is 1. The van der Waals surface area contributed by atoms with Crippen LogP contribution in [0.5, 0.6) is 0 Å². The molecule has 5 unspecified atom stereocenters. The lowest BCUT2D eigenvalue weighted by Gasteiger charge is -2.26. The molecule has 3 amide bonds. The summed E-state index contributed by atoms with van der Waals surface area (Å²) in [6.45, 7) is 7.50. The van der Waals surface area contributed by atoms with Crippen molar-refractivity contribution >= 4 is 34.6 Å². The van der Waals surface area contributed by atoms with E-state index in [-0.39, 0.29) is 31.1 Å². The highest BCUT2D eigenvalue weighted by molar-refractivity contribution is 5.95. The van der Waals surface area contributed by atoms with Crippen LogP contribution in [0.4, 0.5) is 0 Å². The predicted octanol–water partition coefficient (Wildman–Crippen LogP) is 1.63. The average Bonchev–Trinajstić information content (AvgIpc) is 3.60. The van der Waals surface area contributed by atoms with E-state index in [9.17, 15) is 24.3 Å². The number of fused-ring (bicyclic) bond motifs is 1. The number of hydrogen-bond donors (Lipinski definition) is 7. The van der Waals surface area contributed by atoms with Crippen LogP contribution < -0.4 is 21.7 Å².